The fourth-order valence-electron chi connectivity index (χ4n) is 3.22. The molecule has 0 saturated heterocycles. The van der Waals surface area contributed by atoms with Crippen LogP contribution in [0.1, 0.15) is 78.6 Å². The molecule has 3 atom stereocenters. The van der Waals surface area contributed by atoms with Gasteiger partial charge in [0.15, 0.2) is 0 Å². The van der Waals surface area contributed by atoms with Crippen LogP contribution in [-0.4, -0.2) is 5.54 Å². The molecular formula is C15H31N. The van der Waals surface area contributed by atoms with Gasteiger partial charge < -0.3 is 5.73 Å². The number of unbranched alkanes of at least 4 members (excludes halogenated alkanes) is 1. The topological polar surface area (TPSA) is 26.0 Å². The average molecular weight is 225 g/mol. The number of nitrogens with two attached hydrogens (primary N) is 1. The molecule has 0 spiro atoms. The van der Waals surface area contributed by atoms with Crippen molar-refractivity contribution in [3.05, 3.63) is 0 Å². The van der Waals surface area contributed by atoms with Gasteiger partial charge in [-0.05, 0) is 31.1 Å². The Morgan fingerprint density at radius 2 is 2.06 bits per heavy atom. The summed E-state index contributed by atoms with van der Waals surface area (Å²) in [4.78, 5) is 0. The maximum absolute atomic E-state index is 6.65. The molecule has 0 amide bonds. The summed E-state index contributed by atoms with van der Waals surface area (Å²) >= 11 is 0. The first-order valence-electron chi connectivity index (χ1n) is 7.41. The first kappa shape index (κ1) is 14.0. The van der Waals surface area contributed by atoms with Gasteiger partial charge in [-0.1, -0.05) is 59.3 Å². The highest BCUT2D eigenvalue weighted by Crippen LogP contribution is 2.37. The summed E-state index contributed by atoms with van der Waals surface area (Å²) in [5, 5.41) is 0. The van der Waals surface area contributed by atoms with E-state index in [2.05, 4.69) is 20.8 Å². The van der Waals surface area contributed by atoms with Gasteiger partial charge in [-0.3, -0.25) is 0 Å². The molecule has 1 nitrogen and oxygen atoms in total. The van der Waals surface area contributed by atoms with Crippen molar-refractivity contribution in [3.63, 3.8) is 0 Å². The van der Waals surface area contributed by atoms with E-state index >= 15 is 0 Å². The lowest BCUT2D eigenvalue weighted by molar-refractivity contribution is 0.158. The Hall–Kier alpha value is -0.0400. The molecule has 0 bridgehead atoms. The zero-order valence-corrected chi connectivity index (χ0v) is 11.6. The second-order valence-electron chi connectivity index (χ2n) is 6.00. The van der Waals surface area contributed by atoms with E-state index in [1.165, 1.54) is 57.8 Å². The second-order valence-corrected chi connectivity index (χ2v) is 6.00. The van der Waals surface area contributed by atoms with Crippen molar-refractivity contribution in [2.24, 2.45) is 17.6 Å². The molecule has 16 heavy (non-hydrogen) atoms. The van der Waals surface area contributed by atoms with Crippen LogP contribution in [0.3, 0.4) is 0 Å². The molecule has 0 aromatic rings. The Morgan fingerprint density at radius 3 is 2.62 bits per heavy atom. The van der Waals surface area contributed by atoms with E-state index in [1.807, 2.05) is 0 Å². The van der Waals surface area contributed by atoms with Crippen LogP contribution in [0, 0.1) is 11.8 Å². The molecule has 0 aromatic carbocycles. The first-order chi connectivity index (χ1) is 7.62. The Kier molecular flexibility index (Phi) is 5.82. The molecule has 0 aromatic heterocycles. The van der Waals surface area contributed by atoms with Crippen molar-refractivity contribution in [2.75, 3.05) is 0 Å². The normalized spacial score (nSPS) is 32.6. The highest BCUT2D eigenvalue weighted by atomic mass is 14.8. The predicted molar refractivity (Wildman–Crippen MR) is 72.5 cm³/mol. The molecule has 1 heteroatoms. The maximum Gasteiger partial charge on any atom is 0.0182 e. The van der Waals surface area contributed by atoms with E-state index in [1.54, 1.807) is 0 Å². The summed E-state index contributed by atoms with van der Waals surface area (Å²) in [6.45, 7) is 6.98. The minimum Gasteiger partial charge on any atom is -0.325 e. The standard InChI is InChI=1S/C15H31N/c1-4-6-10-14(5-2)12-15(16)11-8-7-9-13(15)3/h13-14H,4-12,16H2,1-3H3. The van der Waals surface area contributed by atoms with Crippen LogP contribution < -0.4 is 5.73 Å². The summed E-state index contributed by atoms with van der Waals surface area (Å²) in [5.41, 5.74) is 6.81. The fraction of sp³-hybridized carbons (Fsp3) is 1.00. The molecule has 1 fully saturated rings. The summed E-state index contributed by atoms with van der Waals surface area (Å²) in [5.74, 6) is 1.60. The van der Waals surface area contributed by atoms with E-state index in [-0.39, 0.29) is 5.54 Å². The smallest absolute Gasteiger partial charge is 0.0182 e. The average Bonchev–Trinajstić information content (AvgIpc) is 2.28. The minimum absolute atomic E-state index is 0.159. The quantitative estimate of drug-likeness (QED) is 0.707. The lowest BCUT2D eigenvalue weighted by Crippen LogP contribution is -2.49. The van der Waals surface area contributed by atoms with Crippen LogP contribution >= 0.6 is 0 Å². The Bertz CT molecular complexity index is 190. The van der Waals surface area contributed by atoms with E-state index in [9.17, 15) is 0 Å². The molecule has 0 radical (unpaired) electrons. The monoisotopic (exact) mass is 225 g/mol. The Labute approximate surface area is 102 Å². The third-order valence-electron chi connectivity index (χ3n) is 4.72. The van der Waals surface area contributed by atoms with Gasteiger partial charge in [0.1, 0.15) is 0 Å². The third-order valence-corrected chi connectivity index (χ3v) is 4.72. The lowest BCUT2D eigenvalue weighted by Gasteiger charge is -2.42. The summed E-state index contributed by atoms with van der Waals surface area (Å²) < 4.78 is 0. The maximum atomic E-state index is 6.65. The summed E-state index contributed by atoms with van der Waals surface area (Å²) in [6.07, 6.45) is 12.0. The van der Waals surface area contributed by atoms with E-state index in [4.69, 9.17) is 5.73 Å². The van der Waals surface area contributed by atoms with Gasteiger partial charge in [0.25, 0.3) is 0 Å². The molecule has 1 aliphatic rings. The summed E-state index contributed by atoms with van der Waals surface area (Å²) in [6, 6.07) is 0. The SMILES string of the molecule is CCCCC(CC)CC1(N)CCCCC1C. The highest BCUT2D eigenvalue weighted by Gasteiger charge is 2.35. The first-order valence-corrected chi connectivity index (χ1v) is 7.41. The molecule has 1 saturated carbocycles. The molecule has 3 unspecified atom stereocenters. The van der Waals surface area contributed by atoms with E-state index in [0.29, 0.717) is 0 Å². The van der Waals surface area contributed by atoms with Crippen molar-refractivity contribution < 1.29 is 0 Å². The zero-order valence-electron chi connectivity index (χ0n) is 11.6. The van der Waals surface area contributed by atoms with E-state index < -0.39 is 0 Å². The van der Waals surface area contributed by atoms with Crippen LogP contribution in [-0.2, 0) is 0 Å². The largest absolute Gasteiger partial charge is 0.325 e. The number of rotatable bonds is 6. The van der Waals surface area contributed by atoms with Crippen molar-refractivity contribution in [3.8, 4) is 0 Å². The van der Waals surface area contributed by atoms with Gasteiger partial charge in [0, 0.05) is 5.54 Å². The van der Waals surface area contributed by atoms with Crippen LogP contribution in [0.5, 0.6) is 0 Å². The Morgan fingerprint density at radius 1 is 1.31 bits per heavy atom. The zero-order chi connectivity index (χ0) is 12.0. The third kappa shape index (κ3) is 3.76. The van der Waals surface area contributed by atoms with Gasteiger partial charge in [-0.25, -0.2) is 0 Å². The van der Waals surface area contributed by atoms with Crippen molar-refractivity contribution in [1.82, 2.24) is 0 Å². The van der Waals surface area contributed by atoms with Gasteiger partial charge in [0.2, 0.25) is 0 Å². The number of hydrogen-bond donors (Lipinski definition) is 1. The van der Waals surface area contributed by atoms with Crippen molar-refractivity contribution in [1.29, 1.82) is 0 Å². The molecule has 2 N–H and O–H groups in total. The van der Waals surface area contributed by atoms with Crippen LogP contribution in [0.25, 0.3) is 0 Å². The molecule has 0 aliphatic heterocycles. The molecule has 1 aliphatic carbocycles. The van der Waals surface area contributed by atoms with Gasteiger partial charge in [-0.15, -0.1) is 0 Å². The second kappa shape index (κ2) is 6.64. The predicted octanol–water partition coefficient (Wildman–Crippen LogP) is 4.50. The minimum atomic E-state index is 0.159. The van der Waals surface area contributed by atoms with Crippen LogP contribution in [0.2, 0.25) is 0 Å². The lowest BCUT2D eigenvalue weighted by atomic mass is 9.69. The molecule has 1 rings (SSSR count). The van der Waals surface area contributed by atoms with Crippen LogP contribution in [0.4, 0.5) is 0 Å². The van der Waals surface area contributed by atoms with Gasteiger partial charge in [-0.2, -0.15) is 0 Å². The molecule has 96 valence electrons. The Balaban J connectivity index is 2.47. The fourth-order valence-corrected chi connectivity index (χ4v) is 3.22. The number of hydrogen-bond acceptors (Lipinski definition) is 1. The van der Waals surface area contributed by atoms with E-state index in [0.717, 1.165) is 11.8 Å². The molecule has 0 heterocycles. The highest BCUT2D eigenvalue weighted by molar-refractivity contribution is 4.93. The molecular weight excluding hydrogens is 194 g/mol. The van der Waals surface area contributed by atoms with Gasteiger partial charge >= 0.3 is 0 Å². The summed E-state index contributed by atoms with van der Waals surface area (Å²) in [7, 11) is 0. The van der Waals surface area contributed by atoms with Crippen LogP contribution in [0.15, 0.2) is 0 Å². The van der Waals surface area contributed by atoms with Gasteiger partial charge in [0.05, 0.1) is 0 Å². The van der Waals surface area contributed by atoms with Crippen molar-refractivity contribution in [2.45, 2.75) is 84.1 Å². The van der Waals surface area contributed by atoms with Crippen molar-refractivity contribution >= 4 is 0 Å².